The third-order valence-corrected chi connectivity index (χ3v) is 2.45. The zero-order valence-corrected chi connectivity index (χ0v) is 8.72. The van der Waals surface area contributed by atoms with Crippen molar-refractivity contribution in [1.82, 2.24) is 9.97 Å². The lowest BCUT2D eigenvalue weighted by Crippen LogP contribution is -1.93. The number of rotatable bonds is 1. The molecule has 3 aromatic rings. The van der Waals surface area contributed by atoms with Crippen LogP contribution in [0.1, 0.15) is 0 Å². The second-order valence-corrected chi connectivity index (χ2v) is 3.55. The monoisotopic (exact) mass is 229 g/mol. The fraction of sp³-hybridized carbons (Fsp3) is 0. The molecule has 0 aliphatic rings. The summed E-state index contributed by atoms with van der Waals surface area (Å²) in [4.78, 5) is 8.20. The van der Waals surface area contributed by atoms with E-state index in [1.807, 2.05) is 0 Å². The lowest BCUT2D eigenvalue weighted by molar-refractivity contribution is 0.613. The van der Waals surface area contributed by atoms with Crippen molar-refractivity contribution >= 4 is 16.9 Å². The standard InChI is InChI=1S/C12H8FN3O/c13-8-4-1-3-7(10(8)14)12-16-11-9(17-12)5-2-6-15-11/h1-6H,14H2. The van der Waals surface area contributed by atoms with Crippen LogP contribution in [0.2, 0.25) is 0 Å². The molecule has 84 valence electrons. The third kappa shape index (κ3) is 1.52. The van der Waals surface area contributed by atoms with E-state index in [9.17, 15) is 4.39 Å². The highest BCUT2D eigenvalue weighted by molar-refractivity contribution is 5.77. The number of hydrogen-bond acceptors (Lipinski definition) is 4. The largest absolute Gasteiger partial charge is 0.434 e. The number of halogens is 1. The van der Waals surface area contributed by atoms with Crippen molar-refractivity contribution in [2.24, 2.45) is 0 Å². The van der Waals surface area contributed by atoms with Gasteiger partial charge in [0.1, 0.15) is 5.82 Å². The van der Waals surface area contributed by atoms with Crippen LogP contribution in [0.3, 0.4) is 0 Å². The maximum absolute atomic E-state index is 13.3. The first-order valence-corrected chi connectivity index (χ1v) is 5.01. The van der Waals surface area contributed by atoms with Crippen LogP contribution in [0.5, 0.6) is 0 Å². The number of nitrogens with zero attached hydrogens (tertiary/aromatic N) is 2. The number of aromatic nitrogens is 2. The van der Waals surface area contributed by atoms with Gasteiger partial charge in [0.05, 0.1) is 11.3 Å². The van der Waals surface area contributed by atoms with Crippen molar-refractivity contribution in [3.8, 4) is 11.5 Å². The van der Waals surface area contributed by atoms with Gasteiger partial charge in [0, 0.05) is 6.20 Å². The van der Waals surface area contributed by atoms with Crippen molar-refractivity contribution in [3.05, 3.63) is 42.3 Å². The topological polar surface area (TPSA) is 64.9 Å². The van der Waals surface area contributed by atoms with Gasteiger partial charge in [-0.25, -0.2) is 9.37 Å². The van der Waals surface area contributed by atoms with Crippen LogP contribution < -0.4 is 5.73 Å². The molecule has 5 heteroatoms. The summed E-state index contributed by atoms with van der Waals surface area (Å²) in [6.07, 6.45) is 1.61. The number of fused-ring (bicyclic) bond motifs is 1. The number of para-hydroxylation sites is 1. The second kappa shape index (κ2) is 3.55. The molecule has 0 atom stereocenters. The molecule has 0 saturated heterocycles. The van der Waals surface area contributed by atoms with Crippen molar-refractivity contribution in [2.45, 2.75) is 0 Å². The minimum Gasteiger partial charge on any atom is -0.434 e. The highest BCUT2D eigenvalue weighted by atomic mass is 19.1. The van der Waals surface area contributed by atoms with Crippen LogP contribution in [0, 0.1) is 5.82 Å². The number of benzene rings is 1. The molecule has 1 aromatic carbocycles. The van der Waals surface area contributed by atoms with Gasteiger partial charge in [0.2, 0.25) is 5.89 Å². The van der Waals surface area contributed by atoms with Crippen molar-refractivity contribution in [3.63, 3.8) is 0 Å². The fourth-order valence-corrected chi connectivity index (χ4v) is 1.61. The normalized spacial score (nSPS) is 10.9. The van der Waals surface area contributed by atoms with Gasteiger partial charge in [0.15, 0.2) is 11.2 Å². The predicted octanol–water partition coefficient (Wildman–Crippen LogP) is 2.61. The number of anilines is 1. The summed E-state index contributed by atoms with van der Waals surface area (Å²) in [7, 11) is 0. The van der Waals surface area contributed by atoms with E-state index in [1.54, 1.807) is 30.5 Å². The molecule has 2 N–H and O–H groups in total. The number of nitrogens with two attached hydrogens (primary N) is 1. The molecule has 0 amide bonds. The summed E-state index contributed by atoms with van der Waals surface area (Å²) in [5.74, 6) is -0.214. The van der Waals surface area contributed by atoms with E-state index in [1.165, 1.54) is 6.07 Å². The first-order valence-electron chi connectivity index (χ1n) is 5.01. The van der Waals surface area contributed by atoms with Gasteiger partial charge in [-0.15, -0.1) is 0 Å². The summed E-state index contributed by atoms with van der Waals surface area (Å²) >= 11 is 0. The summed E-state index contributed by atoms with van der Waals surface area (Å²) in [5, 5.41) is 0. The molecular weight excluding hydrogens is 221 g/mol. The molecule has 3 rings (SSSR count). The minimum atomic E-state index is -0.488. The quantitative estimate of drug-likeness (QED) is 0.651. The second-order valence-electron chi connectivity index (χ2n) is 3.55. The number of pyridine rings is 1. The zero-order valence-electron chi connectivity index (χ0n) is 8.72. The van der Waals surface area contributed by atoms with Gasteiger partial charge in [-0.2, -0.15) is 4.98 Å². The molecule has 0 radical (unpaired) electrons. The van der Waals surface area contributed by atoms with Crippen LogP contribution in [0.4, 0.5) is 10.1 Å². The number of nitrogen functional groups attached to an aromatic ring is 1. The summed E-state index contributed by atoms with van der Waals surface area (Å²) in [6.45, 7) is 0. The highest BCUT2D eigenvalue weighted by Crippen LogP contribution is 2.29. The molecule has 0 aliphatic heterocycles. The van der Waals surface area contributed by atoms with Gasteiger partial charge in [-0.1, -0.05) is 6.07 Å². The number of oxazole rings is 1. The van der Waals surface area contributed by atoms with E-state index in [0.717, 1.165) is 0 Å². The van der Waals surface area contributed by atoms with Gasteiger partial charge in [-0.3, -0.25) is 0 Å². The Labute approximate surface area is 95.9 Å². The summed E-state index contributed by atoms with van der Waals surface area (Å²) < 4.78 is 18.8. The van der Waals surface area contributed by atoms with E-state index >= 15 is 0 Å². The Hall–Kier alpha value is -2.43. The van der Waals surface area contributed by atoms with Crippen molar-refractivity contribution in [2.75, 3.05) is 5.73 Å². The van der Waals surface area contributed by atoms with E-state index in [4.69, 9.17) is 10.2 Å². The molecule has 4 nitrogen and oxygen atoms in total. The van der Waals surface area contributed by atoms with Gasteiger partial charge in [-0.05, 0) is 24.3 Å². The Morgan fingerprint density at radius 2 is 2.06 bits per heavy atom. The molecule has 2 aromatic heterocycles. The first kappa shape index (κ1) is 9.77. The summed E-state index contributed by atoms with van der Waals surface area (Å²) in [6, 6.07) is 7.99. The molecule has 2 heterocycles. The highest BCUT2D eigenvalue weighted by Gasteiger charge is 2.13. The fourth-order valence-electron chi connectivity index (χ4n) is 1.61. The average molecular weight is 229 g/mol. The lowest BCUT2D eigenvalue weighted by atomic mass is 10.2. The molecular formula is C12H8FN3O. The van der Waals surface area contributed by atoms with Gasteiger partial charge < -0.3 is 10.2 Å². The van der Waals surface area contributed by atoms with Crippen LogP contribution in [0.25, 0.3) is 22.7 Å². The Kier molecular flexibility index (Phi) is 2.04. The van der Waals surface area contributed by atoms with Crippen molar-refractivity contribution < 1.29 is 8.81 Å². The minimum absolute atomic E-state index is 0.0269. The molecule has 0 spiro atoms. The third-order valence-electron chi connectivity index (χ3n) is 2.45. The molecule has 0 saturated carbocycles. The average Bonchev–Trinajstić information content (AvgIpc) is 2.76. The van der Waals surface area contributed by atoms with Gasteiger partial charge >= 0.3 is 0 Å². The maximum atomic E-state index is 13.3. The smallest absolute Gasteiger partial charge is 0.231 e. The maximum Gasteiger partial charge on any atom is 0.231 e. The SMILES string of the molecule is Nc1c(F)cccc1-c1nc2ncccc2o1. The van der Waals surface area contributed by atoms with Gasteiger partial charge in [0.25, 0.3) is 0 Å². The van der Waals surface area contributed by atoms with E-state index in [2.05, 4.69) is 9.97 Å². The van der Waals surface area contributed by atoms with Crippen LogP contribution in [-0.4, -0.2) is 9.97 Å². The lowest BCUT2D eigenvalue weighted by Gasteiger charge is -2.00. The van der Waals surface area contributed by atoms with Crippen LogP contribution in [-0.2, 0) is 0 Å². The molecule has 0 fully saturated rings. The van der Waals surface area contributed by atoms with Crippen LogP contribution in [0.15, 0.2) is 40.9 Å². The first-order chi connectivity index (χ1) is 8.25. The molecule has 0 unspecified atom stereocenters. The Morgan fingerprint density at radius 1 is 1.18 bits per heavy atom. The van der Waals surface area contributed by atoms with E-state index in [-0.39, 0.29) is 11.6 Å². The summed E-state index contributed by atoms with van der Waals surface area (Å²) in [5.41, 5.74) is 7.13. The predicted molar refractivity (Wildman–Crippen MR) is 61.6 cm³/mol. The van der Waals surface area contributed by atoms with Crippen LogP contribution >= 0.6 is 0 Å². The molecule has 0 bridgehead atoms. The molecule has 0 aliphatic carbocycles. The van der Waals surface area contributed by atoms with Crippen molar-refractivity contribution in [1.29, 1.82) is 0 Å². The number of hydrogen-bond donors (Lipinski definition) is 1. The van der Waals surface area contributed by atoms with E-state index < -0.39 is 5.82 Å². The Morgan fingerprint density at radius 3 is 2.88 bits per heavy atom. The molecule has 17 heavy (non-hydrogen) atoms. The zero-order chi connectivity index (χ0) is 11.8. The van der Waals surface area contributed by atoms with E-state index in [0.29, 0.717) is 16.8 Å². The Balaban J connectivity index is 2.24. The Bertz CT molecular complexity index is 660.